The average Bonchev–Trinajstić information content (AvgIpc) is 2.38. The van der Waals surface area contributed by atoms with E-state index in [4.69, 9.17) is 5.11 Å². The Balaban J connectivity index is 3.03. The van der Waals surface area contributed by atoms with Gasteiger partial charge in [-0.2, -0.15) is 4.31 Å². The third kappa shape index (κ3) is 4.48. The molecule has 108 valence electrons. The van der Waals surface area contributed by atoms with Crippen molar-refractivity contribution in [2.45, 2.75) is 16.7 Å². The number of benzene rings is 1. The van der Waals surface area contributed by atoms with Crippen LogP contribution >= 0.6 is 15.9 Å². The number of sulfonamides is 1. The van der Waals surface area contributed by atoms with Gasteiger partial charge in [0.1, 0.15) is 0 Å². The maximum absolute atomic E-state index is 12.4. The van der Waals surface area contributed by atoms with Crippen LogP contribution in [-0.2, 0) is 15.4 Å². The number of aliphatic hydroxyl groups is 1. The second-order valence-electron chi connectivity index (χ2n) is 3.76. The molecule has 1 rings (SSSR count). The second kappa shape index (κ2) is 7.28. The highest BCUT2D eigenvalue weighted by Gasteiger charge is 2.26. The van der Waals surface area contributed by atoms with Crippen molar-refractivity contribution in [3.8, 4) is 0 Å². The van der Waals surface area contributed by atoms with Gasteiger partial charge in [0, 0.05) is 11.9 Å². The van der Waals surface area contributed by atoms with Crippen LogP contribution in [0.25, 0.3) is 0 Å². The Morgan fingerprint density at radius 1 is 1.26 bits per heavy atom. The predicted octanol–water partition coefficient (Wildman–Crippen LogP) is 1.83. The van der Waals surface area contributed by atoms with Crippen LogP contribution in [0.15, 0.2) is 29.2 Å². The Morgan fingerprint density at radius 3 is 2.26 bits per heavy atom. The summed E-state index contributed by atoms with van der Waals surface area (Å²) in [4.78, 5) is -0.0636. The van der Waals surface area contributed by atoms with Crippen molar-refractivity contribution < 1.29 is 22.3 Å². The van der Waals surface area contributed by atoms with Gasteiger partial charge in [-0.25, -0.2) is 17.2 Å². The quantitative estimate of drug-likeness (QED) is 0.757. The summed E-state index contributed by atoms with van der Waals surface area (Å²) in [6.07, 6.45) is -2.79. The lowest BCUT2D eigenvalue weighted by molar-refractivity contribution is 0.113. The summed E-state index contributed by atoms with van der Waals surface area (Å²) in [7, 11) is -4.01. The molecule has 0 bridgehead atoms. The van der Waals surface area contributed by atoms with Gasteiger partial charge in [0.2, 0.25) is 10.0 Å². The standard InChI is InChI=1S/C11H14BrF2NO3S/c12-7-9-1-3-10(4-2-9)19(17,18)15(5-6-16)8-11(13)14/h1-4,11,16H,5-8H2. The number of hydrogen-bond donors (Lipinski definition) is 1. The zero-order valence-corrected chi connectivity index (χ0v) is 12.4. The third-order valence-electron chi connectivity index (χ3n) is 2.41. The molecule has 1 aromatic carbocycles. The summed E-state index contributed by atoms with van der Waals surface area (Å²) in [5.74, 6) is 0. The second-order valence-corrected chi connectivity index (χ2v) is 6.25. The molecule has 1 aromatic rings. The molecule has 0 fully saturated rings. The lowest BCUT2D eigenvalue weighted by Gasteiger charge is -2.20. The normalized spacial score (nSPS) is 12.3. The number of aliphatic hydroxyl groups excluding tert-OH is 1. The predicted molar refractivity (Wildman–Crippen MR) is 70.9 cm³/mol. The summed E-state index contributed by atoms with van der Waals surface area (Å²) >= 11 is 3.23. The van der Waals surface area contributed by atoms with Crippen LogP contribution in [0.2, 0.25) is 0 Å². The molecule has 4 nitrogen and oxygen atoms in total. The first-order valence-corrected chi connectivity index (χ1v) is 8.02. The molecule has 0 unspecified atom stereocenters. The lowest BCUT2D eigenvalue weighted by Crippen LogP contribution is -2.37. The van der Waals surface area contributed by atoms with Crippen molar-refractivity contribution in [3.05, 3.63) is 29.8 Å². The van der Waals surface area contributed by atoms with E-state index in [0.717, 1.165) is 5.56 Å². The largest absolute Gasteiger partial charge is 0.395 e. The van der Waals surface area contributed by atoms with E-state index >= 15 is 0 Å². The molecular formula is C11H14BrF2NO3S. The molecule has 0 spiro atoms. The molecule has 0 radical (unpaired) electrons. The van der Waals surface area contributed by atoms with E-state index in [1.54, 1.807) is 12.1 Å². The number of halogens is 3. The molecule has 0 saturated heterocycles. The van der Waals surface area contributed by atoms with Crippen molar-refractivity contribution in [1.82, 2.24) is 4.31 Å². The van der Waals surface area contributed by atoms with Gasteiger partial charge in [0.15, 0.2) is 0 Å². The van der Waals surface area contributed by atoms with E-state index in [-0.39, 0.29) is 11.4 Å². The first kappa shape index (κ1) is 16.5. The van der Waals surface area contributed by atoms with Crippen LogP contribution in [0.5, 0.6) is 0 Å². The van der Waals surface area contributed by atoms with Crippen LogP contribution in [0.4, 0.5) is 8.78 Å². The number of alkyl halides is 3. The van der Waals surface area contributed by atoms with Gasteiger partial charge in [-0.3, -0.25) is 0 Å². The van der Waals surface area contributed by atoms with Gasteiger partial charge < -0.3 is 5.11 Å². The van der Waals surface area contributed by atoms with Crippen LogP contribution in [0, 0.1) is 0 Å². The molecule has 19 heavy (non-hydrogen) atoms. The Bertz CT molecular complexity index is 493. The summed E-state index contributed by atoms with van der Waals surface area (Å²) < 4.78 is 49.6. The molecule has 0 aliphatic carbocycles. The third-order valence-corrected chi connectivity index (χ3v) is 4.93. The minimum atomic E-state index is -4.01. The summed E-state index contributed by atoms with van der Waals surface area (Å²) in [6, 6.07) is 5.92. The van der Waals surface area contributed by atoms with Gasteiger partial charge in [-0.1, -0.05) is 28.1 Å². The van der Waals surface area contributed by atoms with Gasteiger partial charge in [0.25, 0.3) is 6.43 Å². The highest BCUT2D eigenvalue weighted by Crippen LogP contribution is 2.18. The van der Waals surface area contributed by atoms with E-state index in [0.29, 0.717) is 9.64 Å². The fraction of sp³-hybridized carbons (Fsp3) is 0.455. The minimum absolute atomic E-state index is 0.0636. The van der Waals surface area contributed by atoms with E-state index in [1.807, 2.05) is 0 Å². The first-order valence-electron chi connectivity index (χ1n) is 5.46. The van der Waals surface area contributed by atoms with Crippen molar-refractivity contribution in [1.29, 1.82) is 0 Å². The first-order chi connectivity index (χ1) is 8.91. The monoisotopic (exact) mass is 357 g/mol. The molecule has 0 aromatic heterocycles. The zero-order chi connectivity index (χ0) is 14.5. The molecule has 0 heterocycles. The van der Waals surface area contributed by atoms with Gasteiger partial charge >= 0.3 is 0 Å². The molecule has 0 saturated carbocycles. The van der Waals surface area contributed by atoms with Crippen molar-refractivity contribution in [3.63, 3.8) is 0 Å². The Morgan fingerprint density at radius 2 is 1.84 bits per heavy atom. The fourth-order valence-electron chi connectivity index (χ4n) is 1.47. The number of hydrogen-bond acceptors (Lipinski definition) is 3. The smallest absolute Gasteiger partial charge is 0.252 e. The highest BCUT2D eigenvalue weighted by atomic mass is 79.9. The number of rotatable bonds is 7. The van der Waals surface area contributed by atoms with Crippen molar-refractivity contribution >= 4 is 26.0 Å². The van der Waals surface area contributed by atoms with E-state index in [1.165, 1.54) is 12.1 Å². The number of nitrogens with zero attached hydrogens (tertiary/aromatic N) is 1. The lowest BCUT2D eigenvalue weighted by atomic mass is 10.2. The average molecular weight is 358 g/mol. The molecule has 8 heteroatoms. The highest BCUT2D eigenvalue weighted by molar-refractivity contribution is 9.08. The van der Waals surface area contributed by atoms with Crippen LogP contribution in [-0.4, -0.2) is 44.0 Å². The maximum Gasteiger partial charge on any atom is 0.252 e. The van der Waals surface area contributed by atoms with E-state index in [2.05, 4.69) is 15.9 Å². The SMILES string of the molecule is O=S(=O)(c1ccc(CBr)cc1)N(CCO)CC(F)F. The topological polar surface area (TPSA) is 57.6 Å². The Hall–Kier alpha value is -0.570. The van der Waals surface area contributed by atoms with E-state index in [9.17, 15) is 17.2 Å². The van der Waals surface area contributed by atoms with Crippen LogP contribution in [0.3, 0.4) is 0 Å². The Labute approximate surface area is 119 Å². The molecule has 1 N–H and O–H groups in total. The summed E-state index contributed by atoms with van der Waals surface area (Å²) in [6.45, 7) is -1.79. The van der Waals surface area contributed by atoms with Gasteiger partial charge in [-0.05, 0) is 17.7 Å². The van der Waals surface area contributed by atoms with E-state index < -0.39 is 29.6 Å². The van der Waals surface area contributed by atoms with Crippen LogP contribution in [0.1, 0.15) is 5.56 Å². The van der Waals surface area contributed by atoms with Crippen molar-refractivity contribution in [2.75, 3.05) is 19.7 Å². The Kier molecular flexibility index (Phi) is 6.31. The molecule has 0 amide bonds. The van der Waals surface area contributed by atoms with Crippen molar-refractivity contribution in [2.24, 2.45) is 0 Å². The molecular weight excluding hydrogens is 344 g/mol. The summed E-state index contributed by atoms with van der Waals surface area (Å²) in [5.41, 5.74) is 0.876. The van der Waals surface area contributed by atoms with Crippen LogP contribution < -0.4 is 0 Å². The van der Waals surface area contributed by atoms with Gasteiger partial charge in [-0.15, -0.1) is 0 Å². The minimum Gasteiger partial charge on any atom is -0.395 e. The molecule has 0 aliphatic heterocycles. The molecule has 0 atom stereocenters. The molecule has 0 aliphatic rings. The zero-order valence-electron chi connectivity index (χ0n) is 9.97. The maximum atomic E-state index is 12.4. The fourth-order valence-corrected chi connectivity index (χ4v) is 3.26. The van der Waals surface area contributed by atoms with Gasteiger partial charge in [0.05, 0.1) is 18.0 Å². The summed E-state index contributed by atoms with van der Waals surface area (Å²) in [5, 5.41) is 9.36.